The van der Waals surface area contributed by atoms with E-state index in [0.29, 0.717) is 23.5 Å². The third-order valence-corrected chi connectivity index (χ3v) is 4.40. The minimum Gasteiger partial charge on any atom is -0.439 e. The van der Waals surface area contributed by atoms with E-state index in [1.165, 1.54) is 17.7 Å². The first-order valence-corrected chi connectivity index (χ1v) is 8.55. The van der Waals surface area contributed by atoms with Crippen LogP contribution in [0.2, 0.25) is 5.02 Å². The Labute approximate surface area is 134 Å². The van der Waals surface area contributed by atoms with Crippen LogP contribution in [0.1, 0.15) is 18.5 Å². The molecule has 1 saturated carbocycles. The molecule has 0 radical (unpaired) electrons. The summed E-state index contributed by atoms with van der Waals surface area (Å²) in [5.74, 6) is 1.35. The fourth-order valence-corrected chi connectivity index (χ4v) is 2.52. The van der Waals surface area contributed by atoms with Gasteiger partial charge in [0.15, 0.2) is 0 Å². The van der Waals surface area contributed by atoms with Crippen LogP contribution in [0.15, 0.2) is 41.3 Å². The summed E-state index contributed by atoms with van der Waals surface area (Å²) in [7, 11) is 0. The molecular formula is C16H17ClN2OS. The maximum absolute atomic E-state index is 6.18. The van der Waals surface area contributed by atoms with Crippen molar-refractivity contribution in [3.63, 3.8) is 0 Å². The number of nitrogens with one attached hydrogen (secondary N) is 1. The smallest absolute Gasteiger partial charge is 0.219 e. The second-order valence-electron chi connectivity index (χ2n) is 5.01. The van der Waals surface area contributed by atoms with Crippen molar-refractivity contribution in [3.8, 4) is 11.6 Å². The van der Waals surface area contributed by atoms with Crippen molar-refractivity contribution < 1.29 is 4.74 Å². The fraction of sp³-hybridized carbons (Fsp3) is 0.312. The molecule has 0 spiro atoms. The Hall–Kier alpha value is -1.23. The average Bonchev–Trinajstić information content (AvgIpc) is 3.33. The van der Waals surface area contributed by atoms with Gasteiger partial charge in [-0.05, 0) is 49.4 Å². The normalized spacial score (nSPS) is 14.2. The van der Waals surface area contributed by atoms with E-state index in [0.717, 1.165) is 11.4 Å². The van der Waals surface area contributed by atoms with Gasteiger partial charge >= 0.3 is 0 Å². The SMILES string of the molecule is CSc1ccc(Oc2ccc(Cl)c(CNC3CC3)n2)cc1. The highest BCUT2D eigenvalue weighted by Gasteiger charge is 2.20. The number of ether oxygens (including phenoxy) is 1. The van der Waals surface area contributed by atoms with Crippen LogP contribution in [-0.4, -0.2) is 17.3 Å². The highest BCUT2D eigenvalue weighted by atomic mass is 35.5. The van der Waals surface area contributed by atoms with Crippen LogP contribution in [-0.2, 0) is 6.54 Å². The molecule has 1 aliphatic carbocycles. The largest absolute Gasteiger partial charge is 0.439 e. The maximum Gasteiger partial charge on any atom is 0.219 e. The number of thioether (sulfide) groups is 1. The molecule has 0 unspecified atom stereocenters. The van der Waals surface area contributed by atoms with E-state index >= 15 is 0 Å². The van der Waals surface area contributed by atoms with Crippen LogP contribution in [0.25, 0.3) is 0 Å². The molecule has 0 saturated heterocycles. The lowest BCUT2D eigenvalue weighted by Gasteiger charge is -2.09. The quantitative estimate of drug-likeness (QED) is 0.795. The summed E-state index contributed by atoms with van der Waals surface area (Å²) in [6.07, 6.45) is 4.54. The average molecular weight is 321 g/mol. The van der Waals surface area contributed by atoms with E-state index in [4.69, 9.17) is 16.3 Å². The highest BCUT2D eigenvalue weighted by molar-refractivity contribution is 7.98. The molecule has 0 aliphatic heterocycles. The zero-order valence-electron chi connectivity index (χ0n) is 11.8. The number of hydrogen-bond donors (Lipinski definition) is 1. The monoisotopic (exact) mass is 320 g/mol. The molecule has 0 bridgehead atoms. The first kappa shape index (κ1) is 14.7. The van der Waals surface area contributed by atoms with Crippen molar-refractivity contribution >= 4 is 23.4 Å². The lowest BCUT2D eigenvalue weighted by molar-refractivity contribution is 0.459. The van der Waals surface area contributed by atoms with Crippen LogP contribution < -0.4 is 10.1 Å². The number of halogens is 1. The van der Waals surface area contributed by atoms with E-state index in [2.05, 4.69) is 16.6 Å². The molecule has 5 heteroatoms. The van der Waals surface area contributed by atoms with Crippen LogP contribution in [0.4, 0.5) is 0 Å². The molecule has 1 aromatic carbocycles. The van der Waals surface area contributed by atoms with Crippen molar-refractivity contribution in [2.45, 2.75) is 30.3 Å². The molecule has 1 aliphatic rings. The van der Waals surface area contributed by atoms with E-state index in [1.807, 2.05) is 30.3 Å². The van der Waals surface area contributed by atoms with Gasteiger partial charge in [0.25, 0.3) is 0 Å². The second kappa shape index (κ2) is 6.69. The Balaban J connectivity index is 1.69. The predicted octanol–water partition coefficient (Wildman–Crippen LogP) is 4.50. The van der Waals surface area contributed by atoms with Gasteiger partial charge < -0.3 is 10.1 Å². The van der Waals surface area contributed by atoms with Crippen molar-refractivity contribution in [2.75, 3.05) is 6.26 Å². The zero-order chi connectivity index (χ0) is 14.7. The molecule has 1 fully saturated rings. The van der Waals surface area contributed by atoms with Gasteiger partial charge in [-0.25, -0.2) is 4.98 Å². The number of benzene rings is 1. The first-order chi connectivity index (χ1) is 10.2. The van der Waals surface area contributed by atoms with Crippen molar-refractivity contribution in [3.05, 3.63) is 47.1 Å². The third kappa shape index (κ3) is 4.13. The summed E-state index contributed by atoms with van der Waals surface area (Å²) in [6, 6.07) is 12.2. The van der Waals surface area contributed by atoms with Gasteiger partial charge in [0, 0.05) is 23.5 Å². The maximum atomic E-state index is 6.18. The topological polar surface area (TPSA) is 34.1 Å². The van der Waals surface area contributed by atoms with Crippen LogP contribution in [0.3, 0.4) is 0 Å². The lowest BCUT2D eigenvalue weighted by atomic mass is 10.3. The first-order valence-electron chi connectivity index (χ1n) is 6.95. The molecule has 0 atom stereocenters. The minimum atomic E-state index is 0.573. The predicted molar refractivity (Wildman–Crippen MR) is 87.4 cm³/mol. The van der Waals surface area contributed by atoms with E-state index in [9.17, 15) is 0 Å². The van der Waals surface area contributed by atoms with Crippen molar-refractivity contribution in [1.82, 2.24) is 10.3 Å². The molecule has 2 aromatic rings. The van der Waals surface area contributed by atoms with Gasteiger partial charge in [0.05, 0.1) is 10.7 Å². The number of aromatic nitrogens is 1. The Bertz CT molecular complexity index is 614. The summed E-state index contributed by atoms with van der Waals surface area (Å²) in [4.78, 5) is 5.70. The summed E-state index contributed by atoms with van der Waals surface area (Å²) < 4.78 is 5.79. The minimum absolute atomic E-state index is 0.573. The number of hydrogen-bond acceptors (Lipinski definition) is 4. The van der Waals surface area contributed by atoms with Gasteiger partial charge in [-0.1, -0.05) is 11.6 Å². The van der Waals surface area contributed by atoms with Gasteiger partial charge in [0.1, 0.15) is 5.75 Å². The fourth-order valence-electron chi connectivity index (χ4n) is 1.94. The van der Waals surface area contributed by atoms with E-state index in [-0.39, 0.29) is 0 Å². The van der Waals surface area contributed by atoms with Crippen LogP contribution >= 0.6 is 23.4 Å². The van der Waals surface area contributed by atoms with E-state index in [1.54, 1.807) is 17.8 Å². The molecule has 3 nitrogen and oxygen atoms in total. The number of rotatable bonds is 6. The number of nitrogens with zero attached hydrogens (tertiary/aromatic N) is 1. The van der Waals surface area contributed by atoms with Crippen LogP contribution in [0, 0.1) is 0 Å². The standard InChI is InChI=1S/C16H17ClN2OS/c1-21-13-6-4-12(5-7-13)20-16-9-8-14(17)15(19-16)10-18-11-2-3-11/h4-9,11,18H,2-3,10H2,1H3. The highest BCUT2D eigenvalue weighted by Crippen LogP contribution is 2.26. The Morgan fingerprint density at radius 3 is 2.67 bits per heavy atom. The van der Waals surface area contributed by atoms with E-state index < -0.39 is 0 Å². The Morgan fingerprint density at radius 1 is 1.24 bits per heavy atom. The zero-order valence-corrected chi connectivity index (χ0v) is 13.4. The van der Waals surface area contributed by atoms with Gasteiger partial charge in [-0.2, -0.15) is 0 Å². The molecule has 110 valence electrons. The van der Waals surface area contributed by atoms with Crippen molar-refractivity contribution in [2.24, 2.45) is 0 Å². The van der Waals surface area contributed by atoms with Crippen molar-refractivity contribution in [1.29, 1.82) is 0 Å². The molecule has 1 heterocycles. The third-order valence-electron chi connectivity index (χ3n) is 3.31. The van der Waals surface area contributed by atoms with Gasteiger partial charge in [0.2, 0.25) is 5.88 Å². The van der Waals surface area contributed by atoms with Gasteiger partial charge in [-0.3, -0.25) is 0 Å². The van der Waals surface area contributed by atoms with Gasteiger partial charge in [-0.15, -0.1) is 11.8 Å². The second-order valence-corrected chi connectivity index (χ2v) is 6.30. The molecule has 1 N–H and O–H groups in total. The Kier molecular flexibility index (Phi) is 4.68. The Morgan fingerprint density at radius 2 is 2.00 bits per heavy atom. The lowest BCUT2D eigenvalue weighted by Crippen LogP contribution is -2.16. The molecule has 0 amide bonds. The molecular weight excluding hydrogens is 304 g/mol. The molecule has 1 aromatic heterocycles. The molecule has 21 heavy (non-hydrogen) atoms. The number of pyridine rings is 1. The summed E-state index contributed by atoms with van der Waals surface area (Å²) in [5, 5.41) is 4.09. The molecule has 3 rings (SSSR count). The van der Waals surface area contributed by atoms with Crippen LogP contribution in [0.5, 0.6) is 11.6 Å². The summed E-state index contributed by atoms with van der Waals surface area (Å²) >= 11 is 7.89. The summed E-state index contributed by atoms with van der Waals surface area (Å²) in [6.45, 7) is 0.687. The summed E-state index contributed by atoms with van der Waals surface area (Å²) in [5.41, 5.74) is 0.835.